The molecule has 3 nitrogen and oxygen atoms in total. The summed E-state index contributed by atoms with van der Waals surface area (Å²) in [4.78, 5) is 12.5. The van der Waals surface area contributed by atoms with Crippen molar-refractivity contribution in [2.24, 2.45) is 0 Å². The van der Waals surface area contributed by atoms with E-state index < -0.39 is 9.84 Å². The Hall–Kier alpha value is -1.42. The summed E-state index contributed by atoms with van der Waals surface area (Å²) in [5.74, 6) is -0.0698. The molecule has 1 aliphatic carbocycles. The zero-order chi connectivity index (χ0) is 12.0. The van der Waals surface area contributed by atoms with Crippen molar-refractivity contribution in [1.82, 2.24) is 0 Å². The zero-order valence-corrected chi connectivity index (χ0v) is 10.1. The highest BCUT2D eigenvalue weighted by Gasteiger charge is 2.33. The molecule has 0 spiro atoms. The number of Topliss-reactive ketones (excluding diaryl/α,β-unsaturated/α-hetero) is 1. The molecule has 0 amide bonds. The maximum atomic E-state index is 12.3. The number of hydrogen-bond donors (Lipinski definition) is 0. The molecule has 0 bridgehead atoms. The first-order valence-electron chi connectivity index (χ1n) is 5.67. The van der Waals surface area contributed by atoms with Gasteiger partial charge < -0.3 is 0 Å². The second-order valence-corrected chi connectivity index (χ2v) is 6.48. The van der Waals surface area contributed by atoms with Crippen molar-refractivity contribution in [1.29, 1.82) is 0 Å². The Balaban J connectivity index is 2.31. The Morgan fingerprint density at radius 1 is 1.06 bits per heavy atom. The molecular formula is C13H12O3S. The summed E-state index contributed by atoms with van der Waals surface area (Å²) in [6.07, 6.45) is 2.36. The Morgan fingerprint density at radius 2 is 1.82 bits per heavy atom. The normalized spacial score (nSPS) is 22.0. The van der Waals surface area contributed by atoms with Gasteiger partial charge in [-0.05, 0) is 37.0 Å². The van der Waals surface area contributed by atoms with Crippen LogP contribution >= 0.6 is 0 Å². The number of sulfone groups is 1. The van der Waals surface area contributed by atoms with Gasteiger partial charge in [-0.15, -0.1) is 0 Å². The van der Waals surface area contributed by atoms with Crippen LogP contribution in [0.1, 0.15) is 29.6 Å². The van der Waals surface area contributed by atoms with E-state index in [1.165, 1.54) is 6.07 Å². The van der Waals surface area contributed by atoms with E-state index >= 15 is 0 Å². The molecule has 1 aliphatic heterocycles. The van der Waals surface area contributed by atoms with E-state index in [4.69, 9.17) is 0 Å². The molecule has 3 rings (SSSR count). The van der Waals surface area contributed by atoms with Gasteiger partial charge in [-0.3, -0.25) is 4.79 Å². The number of allylic oxidation sites excluding steroid dienone is 1. The fourth-order valence-corrected chi connectivity index (χ4v) is 4.35. The van der Waals surface area contributed by atoms with Crippen LogP contribution in [0, 0.1) is 0 Å². The predicted molar refractivity (Wildman–Crippen MR) is 63.7 cm³/mol. The molecule has 0 N–H and O–H groups in total. The van der Waals surface area contributed by atoms with Gasteiger partial charge in [0, 0.05) is 11.1 Å². The molecular weight excluding hydrogens is 236 g/mol. The van der Waals surface area contributed by atoms with Crippen LogP contribution in [-0.2, 0) is 9.84 Å². The zero-order valence-electron chi connectivity index (χ0n) is 9.27. The van der Waals surface area contributed by atoms with E-state index in [0.29, 0.717) is 5.56 Å². The third-order valence-corrected chi connectivity index (χ3v) is 5.19. The molecule has 2 aliphatic rings. The highest BCUT2D eigenvalue weighted by Crippen LogP contribution is 2.35. The third kappa shape index (κ3) is 1.55. The molecule has 0 aromatic heterocycles. The summed E-state index contributed by atoms with van der Waals surface area (Å²) in [6.45, 7) is 0. The molecule has 1 heterocycles. The standard InChI is InChI=1S/C13H12O3S/c14-13-10-6-3-4-9(10)8-17(15,16)12-7-2-1-5-11(12)13/h1-2,5,7H,3-4,6,8H2. The highest BCUT2D eigenvalue weighted by molar-refractivity contribution is 7.91. The topological polar surface area (TPSA) is 51.2 Å². The number of benzene rings is 1. The maximum absolute atomic E-state index is 12.3. The molecule has 88 valence electrons. The average molecular weight is 248 g/mol. The van der Waals surface area contributed by atoms with Gasteiger partial charge in [0.1, 0.15) is 0 Å². The Kier molecular flexibility index (Phi) is 2.23. The summed E-state index contributed by atoms with van der Waals surface area (Å²) in [5.41, 5.74) is 1.91. The lowest BCUT2D eigenvalue weighted by atomic mass is 10.0. The first kappa shape index (κ1) is 10.7. The number of hydrogen-bond acceptors (Lipinski definition) is 3. The van der Waals surface area contributed by atoms with Gasteiger partial charge in [-0.1, -0.05) is 12.1 Å². The number of fused-ring (bicyclic) bond motifs is 1. The van der Waals surface area contributed by atoms with Crippen LogP contribution in [0.4, 0.5) is 0 Å². The maximum Gasteiger partial charge on any atom is 0.190 e. The minimum absolute atomic E-state index is 0.0189. The quantitative estimate of drug-likeness (QED) is 0.706. The highest BCUT2D eigenvalue weighted by atomic mass is 32.2. The fourth-order valence-electron chi connectivity index (χ4n) is 2.63. The van der Waals surface area contributed by atoms with Gasteiger partial charge in [0.05, 0.1) is 10.6 Å². The Bertz CT molecular complexity index is 638. The Morgan fingerprint density at radius 3 is 2.65 bits per heavy atom. The fraction of sp³-hybridized carbons (Fsp3) is 0.308. The van der Waals surface area contributed by atoms with Crippen LogP contribution in [0.5, 0.6) is 0 Å². The van der Waals surface area contributed by atoms with E-state index in [-0.39, 0.29) is 16.4 Å². The van der Waals surface area contributed by atoms with Crippen LogP contribution in [0.15, 0.2) is 40.3 Å². The lowest BCUT2D eigenvalue weighted by Gasteiger charge is -2.05. The van der Waals surface area contributed by atoms with Crippen molar-refractivity contribution < 1.29 is 13.2 Å². The van der Waals surface area contributed by atoms with Gasteiger partial charge in [0.25, 0.3) is 0 Å². The largest absolute Gasteiger partial charge is 0.289 e. The average Bonchev–Trinajstić information content (AvgIpc) is 2.72. The molecule has 0 atom stereocenters. The third-order valence-electron chi connectivity index (χ3n) is 3.44. The number of ketones is 1. The summed E-state index contributed by atoms with van der Waals surface area (Å²) in [7, 11) is -3.34. The van der Waals surface area contributed by atoms with E-state index in [1.54, 1.807) is 18.2 Å². The summed E-state index contributed by atoms with van der Waals surface area (Å²) in [6, 6.07) is 6.53. The van der Waals surface area contributed by atoms with Crippen molar-refractivity contribution >= 4 is 15.6 Å². The summed E-state index contributed by atoms with van der Waals surface area (Å²) >= 11 is 0. The van der Waals surface area contributed by atoms with Crippen molar-refractivity contribution in [3.8, 4) is 0 Å². The van der Waals surface area contributed by atoms with Crippen molar-refractivity contribution in [3.05, 3.63) is 41.0 Å². The molecule has 1 aromatic carbocycles. The molecule has 4 heteroatoms. The minimum Gasteiger partial charge on any atom is -0.289 e. The van der Waals surface area contributed by atoms with Crippen molar-refractivity contribution in [2.75, 3.05) is 5.75 Å². The van der Waals surface area contributed by atoms with Gasteiger partial charge >= 0.3 is 0 Å². The van der Waals surface area contributed by atoms with E-state index in [9.17, 15) is 13.2 Å². The number of rotatable bonds is 0. The molecule has 0 fully saturated rings. The van der Waals surface area contributed by atoms with Crippen molar-refractivity contribution in [3.63, 3.8) is 0 Å². The van der Waals surface area contributed by atoms with E-state index in [1.807, 2.05) is 0 Å². The second kappa shape index (κ2) is 3.53. The smallest absolute Gasteiger partial charge is 0.190 e. The summed E-state index contributed by atoms with van der Waals surface area (Å²) < 4.78 is 24.4. The van der Waals surface area contributed by atoms with E-state index in [2.05, 4.69) is 0 Å². The monoisotopic (exact) mass is 248 g/mol. The van der Waals surface area contributed by atoms with Crippen LogP contribution in [0.3, 0.4) is 0 Å². The minimum atomic E-state index is -3.34. The van der Waals surface area contributed by atoms with Crippen LogP contribution in [-0.4, -0.2) is 20.0 Å². The van der Waals surface area contributed by atoms with Crippen LogP contribution < -0.4 is 0 Å². The van der Waals surface area contributed by atoms with Crippen LogP contribution in [0.2, 0.25) is 0 Å². The van der Waals surface area contributed by atoms with Gasteiger partial charge in [0.15, 0.2) is 15.6 Å². The molecule has 17 heavy (non-hydrogen) atoms. The van der Waals surface area contributed by atoms with Gasteiger partial charge in [-0.25, -0.2) is 8.42 Å². The van der Waals surface area contributed by atoms with Crippen molar-refractivity contribution in [2.45, 2.75) is 24.2 Å². The predicted octanol–water partition coefficient (Wildman–Crippen LogP) is 2.14. The van der Waals surface area contributed by atoms with Gasteiger partial charge in [-0.2, -0.15) is 0 Å². The molecule has 1 aromatic rings. The molecule has 0 saturated carbocycles. The van der Waals surface area contributed by atoms with E-state index in [0.717, 1.165) is 30.4 Å². The molecule has 0 saturated heterocycles. The molecule has 0 radical (unpaired) electrons. The summed E-state index contributed by atoms with van der Waals surface area (Å²) in [5, 5.41) is 0. The van der Waals surface area contributed by atoms with Gasteiger partial charge in [0.2, 0.25) is 0 Å². The lowest BCUT2D eigenvalue weighted by molar-refractivity contribution is 0.102. The second-order valence-electron chi connectivity index (χ2n) is 4.52. The molecule has 0 unspecified atom stereocenters. The lowest BCUT2D eigenvalue weighted by Crippen LogP contribution is -2.09. The van der Waals surface area contributed by atoms with Crippen LogP contribution in [0.25, 0.3) is 0 Å². The first-order chi connectivity index (χ1) is 8.09. The first-order valence-corrected chi connectivity index (χ1v) is 7.32. The SMILES string of the molecule is O=C1C2=C(CCC2)CS(=O)(=O)c2ccccc21. The Labute approximate surface area is 100 Å². The number of carbonyl (C=O) groups is 1. The number of carbonyl (C=O) groups excluding carboxylic acids is 1.